The third kappa shape index (κ3) is 6.44. The number of nitrogens with zero attached hydrogens (tertiary/aromatic N) is 2. The van der Waals surface area contributed by atoms with E-state index in [1.54, 1.807) is 6.07 Å². The molecule has 2 N–H and O–H groups in total. The predicted molar refractivity (Wildman–Crippen MR) is 81.9 cm³/mol. The molecule has 1 aromatic heterocycles. The van der Waals surface area contributed by atoms with E-state index in [1.807, 2.05) is 0 Å². The Morgan fingerprint density at radius 3 is 2.20 bits per heavy atom. The van der Waals surface area contributed by atoms with Gasteiger partial charge in [-0.05, 0) is 30.4 Å². The zero-order valence-corrected chi connectivity index (χ0v) is 13.1. The molecule has 0 aromatic carbocycles. The Morgan fingerprint density at radius 1 is 1.15 bits per heavy atom. The van der Waals surface area contributed by atoms with Gasteiger partial charge >= 0.3 is 0 Å². The number of halogens is 1. The van der Waals surface area contributed by atoms with Gasteiger partial charge in [0.1, 0.15) is 5.82 Å². The van der Waals surface area contributed by atoms with Crippen LogP contribution in [0.2, 0.25) is 0 Å². The molecule has 0 aliphatic carbocycles. The van der Waals surface area contributed by atoms with Gasteiger partial charge in [-0.1, -0.05) is 27.7 Å². The first kappa shape index (κ1) is 17.1. The molecule has 3 nitrogen and oxygen atoms in total. The van der Waals surface area contributed by atoms with Crippen LogP contribution in [0.5, 0.6) is 0 Å². The Bertz CT molecular complexity index is 366. The van der Waals surface area contributed by atoms with Crippen molar-refractivity contribution in [3.63, 3.8) is 0 Å². The number of rotatable bonds is 8. The van der Waals surface area contributed by atoms with E-state index in [4.69, 9.17) is 5.73 Å². The van der Waals surface area contributed by atoms with Crippen LogP contribution in [0.3, 0.4) is 0 Å². The Kier molecular flexibility index (Phi) is 7.10. The maximum Gasteiger partial charge on any atom is 0.141 e. The minimum Gasteiger partial charge on any atom is -0.323 e. The lowest BCUT2D eigenvalue weighted by Crippen LogP contribution is -2.33. The van der Waals surface area contributed by atoms with Crippen LogP contribution in [0.4, 0.5) is 4.39 Å². The zero-order chi connectivity index (χ0) is 15.1. The lowest BCUT2D eigenvalue weighted by Gasteiger charge is -2.27. The van der Waals surface area contributed by atoms with Crippen molar-refractivity contribution in [3.05, 3.63) is 29.8 Å². The molecular weight excluding hydrogens is 253 g/mol. The van der Waals surface area contributed by atoms with Crippen LogP contribution < -0.4 is 5.73 Å². The standard InChI is InChI=1S/C16H28FN3/c1-12(2)10-20(11-13(3)4)8-7-15(18)16-6-5-14(17)9-19-16/h5-6,9,12-13,15H,7-8,10-11,18H2,1-4H3. The third-order valence-electron chi connectivity index (χ3n) is 3.13. The van der Waals surface area contributed by atoms with Crippen LogP contribution >= 0.6 is 0 Å². The average Bonchev–Trinajstić information content (AvgIpc) is 2.35. The first-order valence-electron chi connectivity index (χ1n) is 7.47. The summed E-state index contributed by atoms with van der Waals surface area (Å²) in [7, 11) is 0. The van der Waals surface area contributed by atoms with Crippen LogP contribution in [0.1, 0.15) is 45.9 Å². The second kappa shape index (κ2) is 8.32. The summed E-state index contributed by atoms with van der Waals surface area (Å²) in [6.45, 7) is 12.0. The monoisotopic (exact) mass is 281 g/mol. The van der Waals surface area contributed by atoms with Crippen molar-refractivity contribution >= 4 is 0 Å². The quantitative estimate of drug-likeness (QED) is 0.795. The fraction of sp³-hybridized carbons (Fsp3) is 0.688. The van der Waals surface area contributed by atoms with E-state index in [-0.39, 0.29) is 11.9 Å². The molecule has 1 unspecified atom stereocenters. The highest BCUT2D eigenvalue weighted by atomic mass is 19.1. The van der Waals surface area contributed by atoms with E-state index in [9.17, 15) is 4.39 Å². The third-order valence-corrected chi connectivity index (χ3v) is 3.13. The summed E-state index contributed by atoms with van der Waals surface area (Å²) < 4.78 is 12.8. The summed E-state index contributed by atoms with van der Waals surface area (Å²) in [6.07, 6.45) is 2.08. The van der Waals surface area contributed by atoms with Crippen LogP contribution in [0.25, 0.3) is 0 Å². The first-order valence-corrected chi connectivity index (χ1v) is 7.47. The van der Waals surface area contributed by atoms with Crippen molar-refractivity contribution in [2.75, 3.05) is 19.6 Å². The van der Waals surface area contributed by atoms with E-state index in [0.29, 0.717) is 11.8 Å². The van der Waals surface area contributed by atoms with Gasteiger partial charge in [0.05, 0.1) is 11.9 Å². The molecule has 0 aliphatic rings. The average molecular weight is 281 g/mol. The van der Waals surface area contributed by atoms with Crippen LogP contribution in [0, 0.1) is 17.7 Å². The van der Waals surface area contributed by atoms with Crippen molar-refractivity contribution in [1.82, 2.24) is 9.88 Å². The number of hydrogen-bond donors (Lipinski definition) is 1. The smallest absolute Gasteiger partial charge is 0.141 e. The Labute approximate surface area is 122 Å². The van der Waals surface area contributed by atoms with Gasteiger partial charge in [0.2, 0.25) is 0 Å². The number of pyridine rings is 1. The highest BCUT2D eigenvalue weighted by molar-refractivity contribution is 5.09. The molecule has 20 heavy (non-hydrogen) atoms. The van der Waals surface area contributed by atoms with E-state index >= 15 is 0 Å². The molecule has 0 aliphatic heterocycles. The van der Waals surface area contributed by atoms with Gasteiger partial charge in [-0.25, -0.2) is 4.39 Å². The molecule has 0 spiro atoms. The van der Waals surface area contributed by atoms with Crippen molar-refractivity contribution < 1.29 is 4.39 Å². The summed E-state index contributed by atoms with van der Waals surface area (Å²) in [4.78, 5) is 6.52. The Hall–Kier alpha value is -1.00. The van der Waals surface area contributed by atoms with Gasteiger partial charge in [0.15, 0.2) is 0 Å². The summed E-state index contributed by atoms with van der Waals surface area (Å²) in [5.41, 5.74) is 6.91. The second-order valence-corrected chi connectivity index (χ2v) is 6.34. The van der Waals surface area contributed by atoms with Gasteiger partial charge < -0.3 is 10.6 Å². The van der Waals surface area contributed by atoms with Gasteiger partial charge in [-0.15, -0.1) is 0 Å². The van der Waals surface area contributed by atoms with E-state index < -0.39 is 0 Å². The fourth-order valence-electron chi connectivity index (χ4n) is 2.37. The minimum absolute atomic E-state index is 0.127. The number of nitrogens with two attached hydrogens (primary N) is 1. The van der Waals surface area contributed by atoms with Crippen molar-refractivity contribution in [3.8, 4) is 0 Å². The van der Waals surface area contributed by atoms with Crippen LogP contribution in [-0.2, 0) is 0 Å². The molecule has 0 amide bonds. The lowest BCUT2D eigenvalue weighted by molar-refractivity contribution is 0.212. The molecule has 0 radical (unpaired) electrons. The van der Waals surface area contributed by atoms with E-state index in [1.165, 1.54) is 12.3 Å². The molecule has 4 heteroatoms. The molecule has 0 bridgehead atoms. The Balaban J connectivity index is 2.50. The van der Waals surface area contributed by atoms with Gasteiger partial charge in [0, 0.05) is 25.7 Å². The largest absolute Gasteiger partial charge is 0.323 e. The van der Waals surface area contributed by atoms with Crippen molar-refractivity contribution in [1.29, 1.82) is 0 Å². The SMILES string of the molecule is CC(C)CN(CCC(N)c1ccc(F)cn1)CC(C)C. The van der Waals surface area contributed by atoms with E-state index in [2.05, 4.69) is 37.6 Å². The summed E-state index contributed by atoms with van der Waals surface area (Å²) in [5.74, 6) is 0.977. The molecule has 0 saturated heterocycles. The molecule has 1 rings (SSSR count). The molecule has 0 fully saturated rings. The first-order chi connectivity index (χ1) is 9.38. The molecule has 1 heterocycles. The maximum atomic E-state index is 12.8. The minimum atomic E-state index is -0.317. The molecular formula is C16H28FN3. The van der Waals surface area contributed by atoms with Crippen molar-refractivity contribution in [2.24, 2.45) is 17.6 Å². The zero-order valence-electron chi connectivity index (χ0n) is 13.1. The number of aromatic nitrogens is 1. The topological polar surface area (TPSA) is 42.1 Å². The van der Waals surface area contributed by atoms with Gasteiger partial charge in [0.25, 0.3) is 0 Å². The van der Waals surface area contributed by atoms with E-state index in [0.717, 1.165) is 31.7 Å². The van der Waals surface area contributed by atoms with Crippen LogP contribution in [0.15, 0.2) is 18.3 Å². The highest BCUT2D eigenvalue weighted by Gasteiger charge is 2.13. The van der Waals surface area contributed by atoms with Crippen molar-refractivity contribution in [2.45, 2.75) is 40.2 Å². The summed E-state index contributed by atoms with van der Waals surface area (Å²) in [6, 6.07) is 2.97. The van der Waals surface area contributed by atoms with Crippen LogP contribution in [-0.4, -0.2) is 29.5 Å². The molecule has 0 saturated carbocycles. The molecule has 1 aromatic rings. The number of hydrogen-bond acceptors (Lipinski definition) is 3. The molecule has 114 valence electrons. The highest BCUT2D eigenvalue weighted by Crippen LogP contribution is 2.13. The maximum absolute atomic E-state index is 12.8. The van der Waals surface area contributed by atoms with Gasteiger partial charge in [-0.3, -0.25) is 4.98 Å². The summed E-state index contributed by atoms with van der Waals surface area (Å²) >= 11 is 0. The fourth-order valence-corrected chi connectivity index (χ4v) is 2.37. The summed E-state index contributed by atoms with van der Waals surface area (Å²) in [5, 5.41) is 0. The predicted octanol–water partition coefficient (Wildman–Crippen LogP) is 3.22. The lowest BCUT2D eigenvalue weighted by atomic mass is 10.1. The normalized spacial score (nSPS) is 13.4. The molecule has 1 atom stereocenters. The second-order valence-electron chi connectivity index (χ2n) is 6.34. The van der Waals surface area contributed by atoms with Gasteiger partial charge in [-0.2, -0.15) is 0 Å². The Morgan fingerprint density at radius 2 is 1.75 bits per heavy atom.